The summed E-state index contributed by atoms with van der Waals surface area (Å²) in [6.07, 6.45) is 2.39. The van der Waals surface area contributed by atoms with E-state index < -0.39 is 0 Å². The first-order valence-electron chi connectivity index (χ1n) is 5.56. The van der Waals surface area contributed by atoms with E-state index in [2.05, 4.69) is 18.8 Å². The molecule has 2 nitrogen and oxygen atoms in total. The van der Waals surface area contributed by atoms with Crippen LogP contribution in [0.15, 0.2) is 31.0 Å². The molecule has 17 heavy (non-hydrogen) atoms. The first-order valence-corrected chi connectivity index (χ1v) is 6.31. The highest BCUT2D eigenvalue weighted by Crippen LogP contribution is 2.25. The van der Waals surface area contributed by atoms with Gasteiger partial charge in [-0.2, -0.15) is 0 Å². The van der Waals surface area contributed by atoms with Gasteiger partial charge in [-0.3, -0.25) is 0 Å². The van der Waals surface area contributed by atoms with Crippen molar-refractivity contribution in [3.8, 4) is 0 Å². The molecule has 0 spiro atoms. The molecule has 0 aliphatic carbocycles. The van der Waals surface area contributed by atoms with Gasteiger partial charge in [0.05, 0.1) is 12.9 Å². The number of hydrogen-bond donors (Lipinski definition) is 1. The van der Waals surface area contributed by atoms with Crippen LogP contribution in [0.2, 0.25) is 10.0 Å². The topological polar surface area (TPSA) is 21.3 Å². The van der Waals surface area contributed by atoms with Crippen LogP contribution in [0.5, 0.6) is 0 Å². The maximum atomic E-state index is 6.12. The van der Waals surface area contributed by atoms with Crippen molar-refractivity contribution in [1.82, 2.24) is 5.32 Å². The lowest BCUT2D eigenvalue weighted by Gasteiger charge is -2.15. The average Bonchev–Trinajstić information content (AvgIpc) is 2.28. The Bertz CT molecular complexity index is 368. The minimum Gasteiger partial charge on any atom is -0.502 e. The summed E-state index contributed by atoms with van der Waals surface area (Å²) in [7, 11) is 0. The maximum absolute atomic E-state index is 6.12. The zero-order valence-electron chi connectivity index (χ0n) is 9.88. The lowest BCUT2D eigenvalue weighted by molar-refractivity contribution is 0.243. The molecule has 0 fully saturated rings. The SMILES string of the molecule is C=COCCCNC(C)c1ccc(Cl)cc1Cl. The van der Waals surface area contributed by atoms with Crippen molar-refractivity contribution in [2.45, 2.75) is 19.4 Å². The van der Waals surface area contributed by atoms with Crippen molar-refractivity contribution in [2.75, 3.05) is 13.2 Å². The number of rotatable bonds is 7. The Kier molecular flexibility index (Phi) is 6.41. The summed E-state index contributed by atoms with van der Waals surface area (Å²) in [5.74, 6) is 0. The van der Waals surface area contributed by atoms with Crippen LogP contribution in [0.25, 0.3) is 0 Å². The summed E-state index contributed by atoms with van der Waals surface area (Å²) in [5, 5.41) is 4.73. The van der Waals surface area contributed by atoms with E-state index in [1.54, 1.807) is 6.07 Å². The molecule has 0 bridgehead atoms. The number of hydrogen-bond acceptors (Lipinski definition) is 2. The van der Waals surface area contributed by atoms with Crippen LogP contribution in [0.4, 0.5) is 0 Å². The largest absolute Gasteiger partial charge is 0.502 e. The number of ether oxygens (including phenoxy) is 1. The van der Waals surface area contributed by atoms with E-state index in [1.807, 2.05) is 12.1 Å². The van der Waals surface area contributed by atoms with Crippen molar-refractivity contribution in [3.63, 3.8) is 0 Å². The molecule has 1 unspecified atom stereocenters. The molecule has 0 radical (unpaired) electrons. The molecular weight excluding hydrogens is 257 g/mol. The Morgan fingerprint density at radius 1 is 1.47 bits per heavy atom. The molecule has 94 valence electrons. The third-order valence-electron chi connectivity index (χ3n) is 2.44. The van der Waals surface area contributed by atoms with Crippen molar-refractivity contribution >= 4 is 23.2 Å². The summed E-state index contributed by atoms with van der Waals surface area (Å²) >= 11 is 12.0. The second-order valence-corrected chi connectivity index (χ2v) is 4.58. The van der Waals surface area contributed by atoms with E-state index in [0.29, 0.717) is 16.7 Å². The predicted octanol–water partition coefficient (Wildman–Crippen LogP) is 4.19. The van der Waals surface area contributed by atoms with Gasteiger partial charge in [0.25, 0.3) is 0 Å². The van der Waals surface area contributed by atoms with Crippen LogP contribution >= 0.6 is 23.2 Å². The zero-order valence-corrected chi connectivity index (χ0v) is 11.4. The van der Waals surface area contributed by atoms with Gasteiger partial charge in [-0.05, 0) is 37.6 Å². The number of benzene rings is 1. The van der Waals surface area contributed by atoms with E-state index in [1.165, 1.54) is 6.26 Å². The molecule has 0 saturated carbocycles. The third kappa shape index (κ3) is 4.99. The summed E-state index contributed by atoms with van der Waals surface area (Å²) in [4.78, 5) is 0. The monoisotopic (exact) mass is 273 g/mol. The highest BCUT2D eigenvalue weighted by molar-refractivity contribution is 6.35. The number of nitrogens with one attached hydrogen (secondary N) is 1. The number of halogens is 2. The molecule has 4 heteroatoms. The minimum atomic E-state index is 0.198. The normalized spacial score (nSPS) is 12.2. The van der Waals surface area contributed by atoms with E-state index in [9.17, 15) is 0 Å². The lowest BCUT2D eigenvalue weighted by Crippen LogP contribution is -2.21. The molecule has 1 aromatic carbocycles. The maximum Gasteiger partial charge on any atom is 0.0885 e. The smallest absolute Gasteiger partial charge is 0.0885 e. The quantitative estimate of drug-likeness (QED) is 0.594. The minimum absolute atomic E-state index is 0.198. The Balaban J connectivity index is 2.41. The van der Waals surface area contributed by atoms with E-state index in [0.717, 1.165) is 18.5 Å². The van der Waals surface area contributed by atoms with Crippen molar-refractivity contribution in [1.29, 1.82) is 0 Å². The van der Waals surface area contributed by atoms with E-state index >= 15 is 0 Å². The Morgan fingerprint density at radius 2 is 2.24 bits per heavy atom. The Labute approximate surface area is 113 Å². The zero-order chi connectivity index (χ0) is 12.7. The molecule has 1 atom stereocenters. The molecule has 0 aromatic heterocycles. The second kappa shape index (κ2) is 7.59. The average molecular weight is 274 g/mol. The molecule has 0 saturated heterocycles. The van der Waals surface area contributed by atoms with E-state index in [-0.39, 0.29) is 6.04 Å². The van der Waals surface area contributed by atoms with Crippen LogP contribution < -0.4 is 5.32 Å². The van der Waals surface area contributed by atoms with Gasteiger partial charge in [-0.1, -0.05) is 35.8 Å². The van der Waals surface area contributed by atoms with Gasteiger partial charge in [-0.25, -0.2) is 0 Å². The van der Waals surface area contributed by atoms with Crippen LogP contribution in [-0.2, 0) is 4.74 Å². The first-order chi connectivity index (χ1) is 8.15. The van der Waals surface area contributed by atoms with Gasteiger partial charge in [0.1, 0.15) is 0 Å². The van der Waals surface area contributed by atoms with Gasteiger partial charge in [0.2, 0.25) is 0 Å². The molecule has 0 aliphatic heterocycles. The third-order valence-corrected chi connectivity index (χ3v) is 3.00. The molecule has 1 aromatic rings. The van der Waals surface area contributed by atoms with Gasteiger partial charge >= 0.3 is 0 Å². The molecule has 1 N–H and O–H groups in total. The van der Waals surface area contributed by atoms with Crippen LogP contribution in [0.3, 0.4) is 0 Å². The highest BCUT2D eigenvalue weighted by atomic mass is 35.5. The highest BCUT2D eigenvalue weighted by Gasteiger charge is 2.08. The first kappa shape index (κ1) is 14.4. The molecular formula is C13H17Cl2NO. The molecule has 0 amide bonds. The van der Waals surface area contributed by atoms with Crippen molar-refractivity contribution in [3.05, 3.63) is 46.6 Å². The lowest BCUT2D eigenvalue weighted by atomic mass is 10.1. The van der Waals surface area contributed by atoms with Gasteiger partial charge < -0.3 is 10.1 Å². The Hall–Kier alpha value is -0.700. The van der Waals surface area contributed by atoms with Gasteiger partial charge in [0.15, 0.2) is 0 Å². The summed E-state index contributed by atoms with van der Waals surface area (Å²) in [6, 6.07) is 5.76. The molecule has 0 aliphatic rings. The van der Waals surface area contributed by atoms with Gasteiger partial charge in [-0.15, -0.1) is 0 Å². The fourth-order valence-corrected chi connectivity index (χ4v) is 2.09. The standard InChI is InChI=1S/C13H17Cl2NO/c1-3-17-8-4-7-16-10(2)12-6-5-11(14)9-13(12)15/h3,5-6,9-10,16H,1,4,7-8H2,2H3. The van der Waals surface area contributed by atoms with Gasteiger partial charge in [0, 0.05) is 16.1 Å². The van der Waals surface area contributed by atoms with Crippen molar-refractivity contribution < 1.29 is 4.74 Å². The van der Waals surface area contributed by atoms with Crippen LogP contribution in [0, 0.1) is 0 Å². The fraction of sp³-hybridized carbons (Fsp3) is 0.385. The summed E-state index contributed by atoms with van der Waals surface area (Å²) in [5.41, 5.74) is 1.06. The molecule has 1 rings (SSSR count). The predicted molar refractivity (Wildman–Crippen MR) is 73.6 cm³/mol. The Morgan fingerprint density at radius 3 is 2.88 bits per heavy atom. The fourth-order valence-electron chi connectivity index (χ4n) is 1.52. The summed E-state index contributed by atoms with van der Waals surface area (Å²) < 4.78 is 5.04. The van der Waals surface area contributed by atoms with E-state index in [4.69, 9.17) is 27.9 Å². The molecule has 0 heterocycles. The van der Waals surface area contributed by atoms with Crippen LogP contribution in [0.1, 0.15) is 24.9 Å². The second-order valence-electron chi connectivity index (χ2n) is 3.73. The van der Waals surface area contributed by atoms with Crippen LogP contribution in [-0.4, -0.2) is 13.2 Å². The van der Waals surface area contributed by atoms with Crippen molar-refractivity contribution in [2.24, 2.45) is 0 Å². The summed E-state index contributed by atoms with van der Waals surface area (Å²) in [6.45, 7) is 7.11.